The number of nitrogens with one attached hydrogen (secondary N) is 1. The Hall–Kier alpha value is -2.54. The van der Waals surface area contributed by atoms with Crippen molar-refractivity contribution < 1.29 is 22.7 Å². The number of ether oxygens (including phenoxy) is 2. The molecule has 0 unspecified atom stereocenters. The van der Waals surface area contributed by atoms with Gasteiger partial charge in [-0.3, -0.25) is 4.79 Å². The molecule has 0 saturated heterocycles. The molecule has 0 aliphatic heterocycles. The van der Waals surface area contributed by atoms with Gasteiger partial charge in [-0.25, -0.2) is 8.42 Å². The van der Waals surface area contributed by atoms with Crippen LogP contribution in [0.3, 0.4) is 0 Å². The molecule has 0 aromatic heterocycles. The van der Waals surface area contributed by atoms with Crippen LogP contribution in [0.25, 0.3) is 0 Å². The molecule has 0 radical (unpaired) electrons. The van der Waals surface area contributed by atoms with Gasteiger partial charge in [0.2, 0.25) is 0 Å². The molecular weight excluding hydrogens is 390 g/mol. The predicted octanol–water partition coefficient (Wildman–Crippen LogP) is 4.45. The van der Waals surface area contributed by atoms with Crippen LogP contribution in [0.4, 0.5) is 5.69 Å². The Morgan fingerprint density at radius 3 is 2.41 bits per heavy atom. The molecule has 1 aliphatic rings. The average molecular weight is 418 g/mol. The van der Waals surface area contributed by atoms with Crippen molar-refractivity contribution in [1.29, 1.82) is 0 Å². The normalized spacial score (nSPS) is 14.8. The Bertz CT molecular complexity index is 978. The largest absolute Gasteiger partial charge is 0.493 e. The van der Waals surface area contributed by atoms with Crippen molar-refractivity contribution in [2.45, 2.75) is 55.8 Å². The van der Waals surface area contributed by atoms with Gasteiger partial charge < -0.3 is 14.8 Å². The maximum atomic E-state index is 12.9. The number of sulfone groups is 1. The summed E-state index contributed by atoms with van der Waals surface area (Å²) in [6, 6.07) is 11.4. The van der Waals surface area contributed by atoms with Crippen LogP contribution < -0.4 is 14.8 Å². The van der Waals surface area contributed by atoms with Crippen molar-refractivity contribution in [2.75, 3.05) is 12.4 Å². The Balaban J connectivity index is 1.86. The van der Waals surface area contributed by atoms with Crippen molar-refractivity contribution in [1.82, 2.24) is 0 Å². The summed E-state index contributed by atoms with van der Waals surface area (Å²) in [7, 11) is -2.01. The van der Waals surface area contributed by atoms with Crippen LogP contribution >= 0.6 is 0 Å². The smallest absolute Gasteiger partial charge is 0.256 e. The monoisotopic (exact) mass is 417 g/mol. The lowest BCUT2D eigenvalue weighted by molar-refractivity contribution is 0.102. The highest BCUT2D eigenvalue weighted by Gasteiger charge is 2.25. The molecule has 156 valence electrons. The molecule has 1 fully saturated rings. The topological polar surface area (TPSA) is 81.7 Å². The summed E-state index contributed by atoms with van der Waals surface area (Å²) >= 11 is 0. The van der Waals surface area contributed by atoms with E-state index in [1.807, 2.05) is 0 Å². The van der Waals surface area contributed by atoms with Gasteiger partial charge in [-0.2, -0.15) is 0 Å². The van der Waals surface area contributed by atoms with Gasteiger partial charge >= 0.3 is 0 Å². The van der Waals surface area contributed by atoms with E-state index in [1.165, 1.54) is 12.1 Å². The first-order valence-corrected chi connectivity index (χ1v) is 11.4. The van der Waals surface area contributed by atoms with Crippen molar-refractivity contribution in [3.63, 3.8) is 0 Å². The molecule has 0 atom stereocenters. The maximum absolute atomic E-state index is 12.9. The van der Waals surface area contributed by atoms with Crippen molar-refractivity contribution >= 4 is 21.4 Å². The summed E-state index contributed by atoms with van der Waals surface area (Å²) < 4.78 is 36.7. The third-order valence-corrected chi connectivity index (χ3v) is 7.29. The Morgan fingerprint density at radius 2 is 1.76 bits per heavy atom. The minimum Gasteiger partial charge on any atom is -0.493 e. The van der Waals surface area contributed by atoms with Crippen molar-refractivity contribution in [2.24, 2.45) is 0 Å². The Kier molecular flexibility index (Phi) is 6.47. The van der Waals surface area contributed by atoms with Crippen LogP contribution in [0.1, 0.15) is 49.9 Å². The molecule has 29 heavy (non-hydrogen) atoms. The molecule has 0 heterocycles. The number of amides is 1. The number of methoxy groups -OCH3 is 1. The highest BCUT2D eigenvalue weighted by Crippen LogP contribution is 2.34. The molecule has 7 heteroatoms. The van der Waals surface area contributed by atoms with Crippen LogP contribution in [-0.2, 0) is 9.84 Å². The van der Waals surface area contributed by atoms with E-state index in [0.717, 1.165) is 25.7 Å². The zero-order valence-electron chi connectivity index (χ0n) is 17.0. The number of anilines is 1. The van der Waals surface area contributed by atoms with E-state index < -0.39 is 21.0 Å². The highest BCUT2D eigenvalue weighted by atomic mass is 32.2. The van der Waals surface area contributed by atoms with Crippen LogP contribution in [0.15, 0.2) is 47.4 Å². The molecule has 3 rings (SSSR count). The Labute approximate surface area is 172 Å². The lowest BCUT2D eigenvalue weighted by Gasteiger charge is -2.17. The van der Waals surface area contributed by atoms with Gasteiger partial charge in [-0.1, -0.05) is 12.1 Å². The van der Waals surface area contributed by atoms with Crippen molar-refractivity contribution in [3.05, 3.63) is 48.0 Å². The molecule has 1 amide bonds. The molecule has 1 aliphatic carbocycles. The minimum atomic E-state index is -3.58. The quantitative estimate of drug-likeness (QED) is 0.720. The van der Waals surface area contributed by atoms with Crippen LogP contribution in [0.5, 0.6) is 11.5 Å². The number of hydrogen-bond acceptors (Lipinski definition) is 5. The molecule has 2 aromatic carbocycles. The fraction of sp³-hybridized carbons (Fsp3) is 0.409. The summed E-state index contributed by atoms with van der Waals surface area (Å²) in [5, 5.41) is 2.17. The van der Waals surface area contributed by atoms with E-state index in [9.17, 15) is 13.2 Å². The zero-order chi connectivity index (χ0) is 21.0. The van der Waals surface area contributed by atoms with Crippen molar-refractivity contribution in [3.8, 4) is 11.5 Å². The second-order valence-corrected chi connectivity index (χ2v) is 9.91. The number of carbonyl (C=O) groups is 1. The summed E-state index contributed by atoms with van der Waals surface area (Å²) in [5.74, 6) is 0.680. The van der Waals surface area contributed by atoms with Gasteiger partial charge in [0.25, 0.3) is 5.91 Å². The summed E-state index contributed by atoms with van der Waals surface area (Å²) in [4.78, 5) is 12.9. The first-order chi connectivity index (χ1) is 13.8. The third kappa shape index (κ3) is 4.72. The standard InChI is InChI=1S/C22H27NO5S/c1-15(2)29(25,26)21-11-7-6-10-18(21)22(24)23-16-12-13-19(27-3)20(14-16)28-17-8-4-5-9-17/h6-7,10-15,17H,4-5,8-9H2,1-3H3,(H,23,24). The molecule has 0 spiro atoms. The van der Waals surface area contributed by atoms with E-state index >= 15 is 0 Å². The van der Waals surface area contributed by atoms with E-state index in [-0.39, 0.29) is 16.6 Å². The van der Waals surface area contributed by atoms with E-state index in [1.54, 1.807) is 51.3 Å². The lowest BCUT2D eigenvalue weighted by Crippen LogP contribution is -2.21. The molecule has 0 bridgehead atoms. The average Bonchev–Trinajstić information content (AvgIpc) is 3.21. The highest BCUT2D eigenvalue weighted by molar-refractivity contribution is 7.92. The molecule has 2 aromatic rings. The van der Waals surface area contributed by atoms with Crippen LogP contribution in [0, 0.1) is 0 Å². The number of hydrogen-bond donors (Lipinski definition) is 1. The predicted molar refractivity (Wildman–Crippen MR) is 113 cm³/mol. The summed E-state index contributed by atoms with van der Waals surface area (Å²) in [6.07, 6.45) is 4.43. The molecule has 1 N–H and O–H groups in total. The van der Waals surface area contributed by atoms with Gasteiger partial charge in [0.1, 0.15) is 0 Å². The first-order valence-electron chi connectivity index (χ1n) is 9.82. The second kappa shape index (κ2) is 8.86. The van der Waals surface area contributed by atoms with E-state index in [4.69, 9.17) is 9.47 Å². The van der Waals surface area contributed by atoms with Gasteiger partial charge in [-0.15, -0.1) is 0 Å². The number of carbonyl (C=O) groups excluding carboxylic acids is 1. The maximum Gasteiger partial charge on any atom is 0.256 e. The van der Waals surface area contributed by atoms with E-state index in [2.05, 4.69) is 5.32 Å². The number of benzene rings is 2. The molecular formula is C22H27NO5S. The molecule has 1 saturated carbocycles. The van der Waals surface area contributed by atoms with Crippen LogP contribution in [-0.4, -0.2) is 32.8 Å². The van der Waals surface area contributed by atoms with Gasteiger partial charge in [0.05, 0.1) is 28.9 Å². The summed E-state index contributed by atoms with van der Waals surface area (Å²) in [5.41, 5.74) is 0.635. The fourth-order valence-corrected chi connectivity index (χ4v) is 4.63. The molecule has 6 nitrogen and oxygen atoms in total. The SMILES string of the molecule is COc1ccc(NC(=O)c2ccccc2S(=O)(=O)C(C)C)cc1OC1CCCC1. The van der Waals surface area contributed by atoms with E-state index in [0.29, 0.717) is 17.2 Å². The third-order valence-electron chi connectivity index (χ3n) is 5.08. The number of rotatable bonds is 7. The minimum absolute atomic E-state index is 0.0310. The first kappa shape index (κ1) is 21.2. The van der Waals surface area contributed by atoms with Crippen LogP contribution in [0.2, 0.25) is 0 Å². The summed E-state index contributed by atoms with van der Waals surface area (Å²) in [6.45, 7) is 3.19. The van der Waals surface area contributed by atoms with Gasteiger partial charge in [-0.05, 0) is 63.8 Å². The zero-order valence-corrected chi connectivity index (χ0v) is 17.8. The fourth-order valence-electron chi connectivity index (χ4n) is 3.39. The Morgan fingerprint density at radius 1 is 1.07 bits per heavy atom. The van der Waals surface area contributed by atoms with Gasteiger partial charge in [0.15, 0.2) is 21.3 Å². The van der Waals surface area contributed by atoms with Gasteiger partial charge in [0, 0.05) is 11.8 Å². The second-order valence-electron chi connectivity index (χ2n) is 7.43. The lowest BCUT2D eigenvalue weighted by atomic mass is 10.2.